The van der Waals surface area contributed by atoms with Crippen molar-refractivity contribution in [3.63, 3.8) is 0 Å². The van der Waals surface area contributed by atoms with Gasteiger partial charge in [-0.25, -0.2) is 4.39 Å². The van der Waals surface area contributed by atoms with Gasteiger partial charge in [-0.2, -0.15) is 5.10 Å². The molecule has 4 amide bonds. The number of carbonyl (C=O) groups excluding carboxylic acids is 4. The zero-order chi connectivity index (χ0) is 32.0. The first-order valence-corrected chi connectivity index (χ1v) is 16.1. The quantitative estimate of drug-likeness (QED) is 0.369. The van der Waals surface area contributed by atoms with E-state index in [-0.39, 0.29) is 28.9 Å². The van der Waals surface area contributed by atoms with Gasteiger partial charge < -0.3 is 15.5 Å². The van der Waals surface area contributed by atoms with Gasteiger partial charge >= 0.3 is 0 Å². The van der Waals surface area contributed by atoms with Crippen molar-refractivity contribution in [2.24, 2.45) is 0 Å². The molecule has 4 aliphatic rings. The summed E-state index contributed by atoms with van der Waals surface area (Å²) in [7, 11) is 0. The first kappa shape index (κ1) is 29.9. The highest BCUT2D eigenvalue weighted by Gasteiger charge is 2.46. The molecular formula is C35H37FN6O4. The lowest BCUT2D eigenvalue weighted by molar-refractivity contribution is -0.138. The van der Waals surface area contributed by atoms with Crippen LogP contribution >= 0.6 is 0 Å². The van der Waals surface area contributed by atoms with Crippen LogP contribution < -0.4 is 10.6 Å². The first-order valence-electron chi connectivity index (χ1n) is 16.1. The molecule has 3 aromatic rings. The zero-order valence-corrected chi connectivity index (χ0v) is 25.6. The van der Waals surface area contributed by atoms with Crippen molar-refractivity contribution >= 4 is 29.3 Å². The Balaban J connectivity index is 0.984. The molecule has 1 saturated carbocycles. The molecule has 2 saturated heterocycles. The predicted octanol–water partition coefficient (Wildman–Crippen LogP) is 4.70. The number of carbonyl (C=O) groups is 4. The Bertz CT molecular complexity index is 1720. The Hall–Kier alpha value is -4.80. The number of nitrogens with zero attached hydrogens (tertiary/aromatic N) is 4. The summed E-state index contributed by atoms with van der Waals surface area (Å²) in [5.74, 6) is -1.48. The third-order valence-corrected chi connectivity index (χ3v) is 10.1. The number of allylic oxidation sites excluding steroid dienone is 1. The van der Waals surface area contributed by atoms with Gasteiger partial charge in [0.25, 0.3) is 11.8 Å². The van der Waals surface area contributed by atoms with Crippen LogP contribution in [0.2, 0.25) is 0 Å². The second-order valence-corrected chi connectivity index (χ2v) is 12.9. The number of nitrogens with one attached hydrogen (secondary N) is 2. The van der Waals surface area contributed by atoms with Crippen LogP contribution in [0.3, 0.4) is 0 Å². The van der Waals surface area contributed by atoms with Crippen LogP contribution in [-0.2, 0) is 21.5 Å². The van der Waals surface area contributed by atoms with Gasteiger partial charge in [0.15, 0.2) is 0 Å². The van der Waals surface area contributed by atoms with Crippen molar-refractivity contribution in [1.29, 1.82) is 0 Å². The second kappa shape index (κ2) is 11.9. The van der Waals surface area contributed by atoms with Crippen molar-refractivity contribution < 1.29 is 23.6 Å². The summed E-state index contributed by atoms with van der Waals surface area (Å²) in [6.45, 7) is 5.44. The molecule has 46 heavy (non-hydrogen) atoms. The molecule has 2 aromatic carbocycles. The Morgan fingerprint density at radius 1 is 1.02 bits per heavy atom. The van der Waals surface area contributed by atoms with Crippen LogP contribution in [0.25, 0.3) is 0 Å². The van der Waals surface area contributed by atoms with Crippen molar-refractivity contribution in [3.8, 4) is 0 Å². The average Bonchev–Trinajstić information content (AvgIpc) is 3.81. The van der Waals surface area contributed by atoms with E-state index in [1.165, 1.54) is 12.1 Å². The van der Waals surface area contributed by atoms with Gasteiger partial charge in [-0.05, 0) is 68.4 Å². The molecule has 3 aliphatic heterocycles. The standard InChI is InChI=1S/C35H37FN6O4/c1-22-7-12-29(31(43)39-22)42-32(44)27-5-4-6-28(30(27)33(42)45)37-19-23-20-38-41(21-23)26-13-17-40(18-14-26)34(46)35(15-2-3-16-35)24-8-10-25(36)11-9-24/h4-6,8-11,20-21,26,29,37H,1-3,7,12-19H2,(H,39,43). The SMILES string of the molecule is C=C1CCC(N2C(=O)c3cccc(NCc4cnn(C5CCN(C(=O)C6(c7ccc(F)cc7)CCCC6)CC5)c4)c3C2=O)C(=O)N1. The third kappa shape index (κ3) is 5.17. The smallest absolute Gasteiger partial charge is 0.264 e. The molecule has 0 bridgehead atoms. The number of anilines is 1. The summed E-state index contributed by atoms with van der Waals surface area (Å²) in [5, 5.41) is 10.6. The van der Waals surface area contributed by atoms with Crippen molar-refractivity contribution in [2.75, 3.05) is 18.4 Å². The van der Waals surface area contributed by atoms with Gasteiger partial charge in [-0.15, -0.1) is 0 Å². The van der Waals surface area contributed by atoms with E-state index in [1.807, 2.05) is 15.8 Å². The van der Waals surface area contributed by atoms with E-state index in [4.69, 9.17) is 0 Å². The van der Waals surface area contributed by atoms with E-state index in [1.54, 1.807) is 36.5 Å². The minimum absolute atomic E-state index is 0.148. The van der Waals surface area contributed by atoms with Gasteiger partial charge in [0.05, 0.1) is 28.8 Å². The van der Waals surface area contributed by atoms with Crippen molar-refractivity contribution in [2.45, 2.75) is 75.4 Å². The number of benzene rings is 2. The Labute approximate surface area is 266 Å². The van der Waals surface area contributed by atoms with Crippen LogP contribution in [0.15, 0.2) is 67.1 Å². The molecule has 3 fully saturated rings. The lowest BCUT2D eigenvalue weighted by Gasteiger charge is -2.39. The molecule has 7 rings (SSSR count). The molecule has 1 aromatic heterocycles. The number of aromatic nitrogens is 2. The summed E-state index contributed by atoms with van der Waals surface area (Å²) < 4.78 is 15.6. The fraction of sp³-hybridized carbons (Fsp3) is 0.400. The summed E-state index contributed by atoms with van der Waals surface area (Å²) >= 11 is 0. The molecule has 1 atom stereocenters. The molecule has 10 nitrogen and oxygen atoms in total. The molecule has 11 heteroatoms. The van der Waals surface area contributed by atoms with E-state index in [0.717, 1.165) is 54.6 Å². The molecule has 238 valence electrons. The minimum Gasteiger partial charge on any atom is -0.380 e. The number of amides is 4. The number of fused-ring (bicyclic) bond motifs is 1. The van der Waals surface area contributed by atoms with Gasteiger partial charge in [-0.1, -0.05) is 37.6 Å². The summed E-state index contributed by atoms with van der Waals surface area (Å²) in [6, 6.07) is 10.8. The lowest BCUT2D eigenvalue weighted by Crippen LogP contribution is -2.51. The molecule has 2 N–H and O–H groups in total. The van der Waals surface area contributed by atoms with E-state index in [0.29, 0.717) is 43.9 Å². The highest BCUT2D eigenvalue weighted by molar-refractivity contribution is 6.25. The van der Waals surface area contributed by atoms with Gasteiger partial charge in [0.2, 0.25) is 11.8 Å². The predicted molar refractivity (Wildman–Crippen MR) is 168 cm³/mol. The number of halogens is 1. The molecule has 4 heterocycles. The summed E-state index contributed by atoms with van der Waals surface area (Å²) in [6.07, 6.45) is 9.75. The molecule has 0 spiro atoms. The van der Waals surface area contributed by atoms with E-state index >= 15 is 0 Å². The first-order chi connectivity index (χ1) is 22.2. The van der Waals surface area contributed by atoms with E-state index in [9.17, 15) is 23.6 Å². The maximum absolute atomic E-state index is 13.9. The fourth-order valence-corrected chi connectivity index (χ4v) is 7.62. The lowest BCUT2D eigenvalue weighted by atomic mass is 9.77. The van der Waals surface area contributed by atoms with E-state index < -0.39 is 29.2 Å². The van der Waals surface area contributed by atoms with Gasteiger partial charge in [0, 0.05) is 42.8 Å². The van der Waals surface area contributed by atoms with Crippen LogP contribution in [-0.4, -0.2) is 62.3 Å². The molecular weight excluding hydrogens is 587 g/mol. The summed E-state index contributed by atoms with van der Waals surface area (Å²) in [5.41, 5.74) is 2.92. The van der Waals surface area contributed by atoms with Gasteiger partial charge in [-0.3, -0.25) is 28.8 Å². The second-order valence-electron chi connectivity index (χ2n) is 12.9. The van der Waals surface area contributed by atoms with E-state index in [2.05, 4.69) is 22.3 Å². The number of imide groups is 1. The third-order valence-electron chi connectivity index (χ3n) is 10.1. The van der Waals surface area contributed by atoms with Crippen LogP contribution in [0, 0.1) is 5.82 Å². The normalized spacial score (nSPS) is 21.5. The van der Waals surface area contributed by atoms with Crippen LogP contribution in [0.4, 0.5) is 10.1 Å². The number of likely N-dealkylation sites (tertiary alicyclic amines) is 1. The number of hydrogen-bond donors (Lipinski definition) is 2. The Morgan fingerprint density at radius 2 is 1.76 bits per heavy atom. The summed E-state index contributed by atoms with van der Waals surface area (Å²) in [4.78, 5) is 56.2. The largest absolute Gasteiger partial charge is 0.380 e. The van der Waals surface area contributed by atoms with Crippen molar-refractivity contribution in [3.05, 3.63) is 95.2 Å². The van der Waals surface area contributed by atoms with Gasteiger partial charge in [0.1, 0.15) is 11.9 Å². The van der Waals surface area contributed by atoms with Crippen molar-refractivity contribution in [1.82, 2.24) is 24.9 Å². The maximum Gasteiger partial charge on any atom is 0.264 e. The topological polar surface area (TPSA) is 117 Å². The fourth-order valence-electron chi connectivity index (χ4n) is 7.62. The number of hydrogen-bond acceptors (Lipinski definition) is 6. The minimum atomic E-state index is -0.864. The molecule has 0 radical (unpaired) electrons. The average molecular weight is 625 g/mol. The number of rotatable bonds is 7. The monoisotopic (exact) mass is 624 g/mol. The van der Waals surface area contributed by atoms with Crippen LogP contribution in [0.1, 0.15) is 89.3 Å². The number of piperidine rings is 2. The maximum atomic E-state index is 13.9. The highest BCUT2D eigenvalue weighted by atomic mass is 19.1. The Morgan fingerprint density at radius 3 is 2.48 bits per heavy atom. The molecule has 1 unspecified atom stereocenters. The Kier molecular flexibility index (Phi) is 7.70. The zero-order valence-electron chi connectivity index (χ0n) is 25.6. The highest BCUT2D eigenvalue weighted by Crippen LogP contribution is 2.43. The molecule has 1 aliphatic carbocycles. The van der Waals surface area contributed by atoms with Crippen LogP contribution in [0.5, 0.6) is 0 Å².